The summed E-state index contributed by atoms with van der Waals surface area (Å²) < 4.78 is 13.0. The Morgan fingerprint density at radius 1 is 1.50 bits per heavy atom. The van der Waals surface area contributed by atoms with Gasteiger partial charge in [-0.25, -0.2) is 4.39 Å². The molecule has 0 unspecified atom stereocenters. The predicted molar refractivity (Wildman–Crippen MR) is 58.2 cm³/mol. The van der Waals surface area contributed by atoms with E-state index in [-0.39, 0.29) is 5.82 Å². The van der Waals surface area contributed by atoms with E-state index in [1.807, 2.05) is 13.8 Å². The van der Waals surface area contributed by atoms with E-state index < -0.39 is 0 Å². The van der Waals surface area contributed by atoms with Gasteiger partial charge >= 0.3 is 0 Å². The average Bonchev–Trinajstić information content (AvgIpc) is 2.16. The maximum Gasteiger partial charge on any atom is 0.123 e. The van der Waals surface area contributed by atoms with Crippen LogP contribution in [0, 0.1) is 11.7 Å². The molecular formula is C12H16FN. The Labute approximate surface area is 84.4 Å². The lowest BCUT2D eigenvalue weighted by molar-refractivity contribution is 0.626. The number of hydrogen-bond acceptors (Lipinski definition) is 1. The second-order valence-electron chi connectivity index (χ2n) is 3.69. The third kappa shape index (κ3) is 2.20. The quantitative estimate of drug-likeness (QED) is 0.784. The molecule has 0 saturated carbocycles. The number of halogens is 1. The van der Waals surface area contributed by atoms with Gasteiger partial charge in [0.2, 0.25) is 0 Å². The summed E-state index contributed by atoms with van der Waals surface area (Å²) in [6, 6.07) is 4.65. The van der Waals surface area contributed by atoms with Crippen LogP contribution in [-0.4, -0.2) is 0 Å². The van der Waals surface area contributed by atoms with Gasteiger partial charge in [0.05, 0.1) is 0 Å². The minimum Gasteiger partial charge on any atom is -0.326 e. The van der Waals surface area contributed by atoms with Crippen molar-refractivity contribution in [3.05, 3.63) is 41.7 Å². The van der Waals surface area contributed by atoms with Crippen molar-refractivity contribution in [1.29, 1.82) is 0 Å². The van der Waals surface area contributed by atoms with Crippen molar-refractivity contribution in [2.24, 2.45) is 11.7 Å². The average molecular weight is 193 g/mol. The molecule has 0 aliphatic heterocycles. The molecule has 1 aromatic carbocycles. The molecule has 0 aromatic heterocycles. The summed E-state index contributed by atoms with van der Waals surface area (Å²) in [5.41, 5.74) is 8.31. The number of hydrogen-bond donors (Lipinski definition) is 1. The number of nitrogens with two attached hydrogens (primary N) is 1. The molecule has 14 heavy (non-hydrogen) atoms. The molecule has 2 N–H and O–H groups in total. The van der Waals surface area contributed by atoms with Gasteiger partial charge in [-0.2, -0.15) is 0 Å². The Balaban J connectivity index is 3.17. The van der Waals surface area contributed by atoms with Crippen molar-refractivity contribution in [1.82, 2.24) is 0 Å². The molecule has 0 aliphatic rings. The van der Waals surface area contributed by atoms with Crippen LogP contribution in [0.2, 0.25) is 0 Å². The molecule has 0 aliphatic carbocycles. The van der Waals surface area contributed by atoms with Crippen LogP contribution in [0.1, 0.15) is 25.0 Å². The first-order valence-electron chi connectivity index (χ1n) is 4.74. The van der Waals surface area contributed by atoms with Gasteiger partial charge in [0.25, 0.3) is 0 Å². The summed E-state index contributed by atoms with van der Waals surface area (Å²) >= 11 is 0. The normalized spacial score (nSPS) is 10.6. The van der Waals surface area contributed by atoms with Crippen molar-refractivity contribution in [3.63, 3.8) is 0 Å². The lowest BCUT2D eigenvalue weighted by Gasteiger charge is -2.13. The minimum absolute atomic E-state index is 0.237. The van der Waals surface area contributed by atoms with Crippen LogP contribution in [0.5, 0.6) is 0 Å². The van der Waals surface area contributed by atoms with Gasteiger partial charge in [0.15, 0.2) is 0 Å². The van der Waals surface area contributed by atoms with Crippen molar-refractivity contribution < 1.29 is 4.39 Å². The van der Waals surface area contributed by atoms with Crippen LogP contribution in [0.3, 0.4) is 0 Å². The second-order valence-corrected chi connectivity index (χ2v) is 3.69. The zero-order valence-electron chi connectivity index (χ0n) is 8.68. The molecule has 0 amide bonds. The monoisotopic (exact) mass is 193 g/mol. The van der Waals surface area contributed by atoms with Gasteiger partial charge in [-0.1, -0.05) is 26.5 Å². The molecule has 0 atom stereocenters. The molecule has 1 nitrogen and oxygen atoms in total. The smallest absolute Gasteiger partial charge is 0.123 e. The molecule has 0 radical (unpaired) electrons. The largest absolute Gasteiger partial charge is 0.326 e. The highest BCUT2D eigenvalue weighted by Crippen LogP contribution is 2.24. The van der Waals surface area contributed by atoms with Crippen LogP contribution >= 0.6 is 0 Å². The molecular weight excluding hydrogens is 177 g/mol. The summed E-state index contributed by atoms with van der Waals surface area (Å²) in [6.07, 6.45) is 0. The first-order valence-corrected chi connectivity index (χ1v) is 4.74. The highest BCUT2D eigenvalue weighted by Gasteiger charge is 2.09. The molecule has 1 rings (SSSR count). The summed E-state index contributed by atoms with van der Waals surface area (Å²) in [4.78, 5) is 0. The summed E-state index contributed by atoms with van der Waals surface area (Å²) in [7, 11) is 0. The zero-order chi connectivity index (χ0) is 10.7. The number of rotatable bonds is 3. The molecule has 0 fully saturated rings. The Morgan fingerprint density at radius 2 is 2.14 bits per heavy atom. The molecule has 2 heteroatoms. The van der Waals surface area contributed by atoms with Crippen LogP contribution in [0.25, 0.3) is 5.57 Å². The summed E-state index contributed by atoms with van der Waals surface area (Å²) in [5, 5.41) is 0. The van der Waals surface area contributed by atoms with E-state index >= 15 is 0 Å². The fraction of sp³-hybridized carbons (Fsp3) is 0.333. The third-order valence-corrected chi connectivity index (χ3v) is 2.33. The van der Waals surface area contributed by atoms with Gasteiger partial charge < -0.3 is 5.73 Å². The summed E-state index contributed by atoms with van der Waals surface area (Å²) in [5.74, 6) is 0.0705. The highest BCUT2D eigenvalue weighted by molar-refractivity contribution is 5.67. The first kappa shape index (κ1) is 10.9. The van der Waals surface area contributed by atoms with Gasteiger partial charge in [-0.15, -0.1) is 0 Å². The maximum absolute atomic E-state index is 13.0. The number of allylic oxidation sites excluding steroid dienone is 1. The van der Waals surface area contributed by atoms with Gasteiger partial charge in [-0.05, 0) is 34.8 Å². The Kier molecular flexibility index (Phi) is 3.42. The second kappa shape index (κ2) is 4.38. The van der Waals surface area contributed by atoms with Gasteiger partial charge in [0, 0.05) is 6.54 Å². The molecule has 0 heterocycles. The number of benzene rings is 1. The van der Waals surface area contributed by atoms with E-state index in [2.05, 4.69) is 6.58 Å². The molecule has 0 saturated heterocycles. The Morgan fingerprint density at radius 3 is 2.64 bits per heavy atom. The van der Waals surface area contributed by atoms with Crippen LogP contribution in [-0.2, 0) is 6.54 Å². The van der Waals surface area contributed by atoms with Crippen molar-refractivity contribution in [2.45, 2.75) is 20.4 Å². The van der Waals surface area contributed by atoms with E-state index in [1.54, 1.807) is 6.07 Å². The van der Waals surface area contributed by atoms with E-state index in [4.69, 9.17) is 5.73 Å². The lowest BCUT2D eigenvalue weighted by atomic mass is 9.93. The van der Waals surface area contributed by atoms with Crippen molar-refractivity contribution >= 4 is 5.57 Å². The fourth-order valence-corrected chi connectivity index (χ4v) is 1.34. The van der Waals surface area contributed by atoms with Crippen LogP contribution < -0.4 is 5.73 Å². The van der Waals surface area contributed by atoms with E-state index in [9.17, 15) is 4.39 Å². The SMILES string of the molecule is C=C(c1cc(F)ccc1CN)C(C)C. The van der Waals surface area contributed by atoms with Crippen LogP contribution in [0.15, 0.2) is 24.8 Å². The maximum atomic E-state index is 13.0. The topological polar surface area (TPSA) is 26.0 Å². The first-order chi connectivity index (χ1) is 6.56. The van der Waals surface area contributed by atoms with Gasteiger partial charge in [-0.3, -0.25) is 0 Å². The molecule has 76 valence electrons. The lowest BCUT2D eigenvalue weighted by Crippen LogP contribution is -2.03. The minimum atomic E-state index is -0.237. The molecule has 0 bridgehead atoms. The summed E-state index contributed by atoms with van der Waals surface area (Å²) in [6.45, 7) is 8.44. The van der Waals surface area contributed by atoms with Gasteiger partial charge in [0.1, 0.15) is 5.82 Å². The predicted octanol–water partition coefficient (Wildman–Crippen LogP) is 2.95. The zero-order valence-corrected chi connectivity index (χ0v) is 8.68. The fourth-order valence-electron chi connectivity index (χ4n) is 1.34. The third-order valence-electron chi connectivity index (χ3n) is 2.33. The Hall–Kier alpha value is -1.15. The van der Waals surface area contributed by atoms with E-state index in [1.165, 1.54) is 12.1 Å². The molecule has 0 spiro atoms. The van der Waals surface area contributed by atoms with E-state index in [0.29, 0.717) is 12.5 Å². The highest BCUT2D eigenvalue weighted by atomic mass is 19.1. The standard InChI is InChI=1S/C12H16FN/c1-8(2)9(3)12-6-11(13)5-4-10(12)7-14/h4-6,8H,3,7,14H2,1-2H3. The van der Waals surface area contributed by atoms with Crippen molar-refractivity contribution in [2.75, 3.05) is 0 Å². The molecule has 1 aromatic rings. The van der Waals surface area contributed by atoms with Crippen molar-refractivity contribution in [3.8, 4) is 0 Å². The van der Waals surface area contributed by atoms with E-state index in [0.717, 1.165) is 16.7 Å². The Bertz CT molecular complexity index is 342. The van der Waals surface area contributed by atoms with Crippen LogP contribution in [0.4, 0.5) is 4.39 Å².